The Kier molecular flexibility index (Phi) is 5.29. The molecule has 0 N–H and O–H groups in total. The summed E-state index contributed by atoms with van der Waals surface area (Å²) in [5.74, 6) is 0.853. The van der Waals surface area contributed by atoms with E-state index in [0.29, 0.717) is 12.3 Å². The predicted molar refractivity (Wildman–Crippen MR) is 121 cm³/mol. The van der Waals surface area contributed by atoms with Crippen LogP contribution in [0.15, 0.2) is 60.8 Å². The summed E-state index contributed by atoms with van der Waals surface area (Å²) in [6.45, 7) is 8.94. The maximum atomic E-state index is 9.59. The monoisotopic (exact) mass is 395 g/mol. The Bertz CT molecular complexity index is 1250. The zero-order valence-electron chi connectivity index (χ0n) is 17.8. The number of benzene rings is 2. The van der Waals surface area contributed by atoms with Crippen LogP contribution in [0.3, 0.4) is 0 Å². The number of nitrogens with zero attached hydrogens (tertiary/aromatic N) is 3. The second-order valence-corrected chi connectivity index (χ2v) is 7.88. The van der Waals surface area contributed by atoms with Crippen molar-refractivity contribution in [3.63, 3.8) is 0 Å². The number of rotatable bonds is 5. The van der Waals surface area contributed by atoms with Gasteiger partial charge in [0, 0.05) is 17.6 Å². The fraction of sp³-hybridized carbons (Fsp3) is 0.231. The maximum absolute atomic E-state index is 9.59. The topological polar surface area (TPSA) is 50.8 Å². The minimum atomic E-state index is 0.263. The van der Waals surface area contributed by atoms with Crippen LogP contribution < -0.4 is 4.74 Å². The van der Waals surface area contributed by atoms with E-state index in [2.05, 4.69) is 67.6 Å². The summed E-state index contributed by atoms with van der Waals surface area (Å²) in [5, 5.41) is 10.6. The van der Waals surface area contributed by atoms with Gasteiger partial charge in [0.2, 0.25) is 0 Å². The summed E-state index contributed by atoms with van der Waals surface area (Å²) in [4.78, 5) is 4.59. The molecule has 4 nitrogen and oxygen atoms in total. The van der Waals surface area contributed by atoms with Crippen molar-refractivity contribution in [1.82, 2.24) is 9.55 Å². The number of pyridine rings is 1. The third-order valence-electron chi connectivity index (χ3n) is 5.49. The van der Waals surface area contributed by atoms with Crippen LogP contribution in [0.1, 0.15) is 42.3 Å². The average Bonchev–Trinajstić information content (AvgIpc) is 3.18. The predicted octanol–water partition coefficient (Wildman–Crippen LogP) is 6.35. The lowest BCUT2D eigenvalue weighted by Crippen LogP contribution is -2.02. The Balaban J connectivity index is 1.84. The van der Waals surface area contributed by atoms with Gasteiger partial charge in [0.05, 0.1) is 0 Å². The van der Waals surface area contributed by atoms with Gasteiger partial charge in [0.25, 0.3) is 0 Å². The summed E-state index contributed by atoms with van der Waals surface area (Å²) in [6, 6.07) is 20.7. The van der Waals surface area contributed by atoms with Crippen molar-refractivity contribution in [3.8, 4) is 22.9 Å². The number of nitriles is 1. The first-order valence-corrected chi connectivity index (χ1v) is 10.2. The maximum Gasteiger partial charge on any atom is 0.143 e. The standard InChI is InChI=1S/C26H25N3O/c1-17(2)29-13-12-22-23(14-21(15-27)28-26(22)29)25-18(3)10-11-24(19(25)4)30-16-20-8-6-5-7-9-20/h5-14,17H,16H2,1-4H3. The van der Waals surface area contributed by atoms with Gasteiger partial charge in [-0.15, -0.1) is 0 Å². The molecule has 0 radical (unpaired) electrons. The van der Waals surface area contributed by atoms with E-state index in [4.69, 9.17) is 4.74 Å². The number of aryl methyl sites for hydroxylation is 1. The molecule has 0 saturated heterocycles. The smallest absolute Gasteiger partial charge is 0.143 e. The van der Waals surface area contributed by atoms with Crippen molar-refractivity contribution in [2.24, 2.45) is 0 Å². The van der Waals surface area contributed by atoms with Gasteiger partial charge < -0.3 is 9.30 Å². The summed E-state index contributed by atoms with van der Waals surface area (Å²) < 4.78 is 8.28. The summed E-state index contributed by atoms with van der Waals surface area (Å²) in [5.41, 5.74) is 6.74. The molecule has 0 aliphatic rings. The highest BCUT2D eigenvalue weighted by molar-refractivity contribution is 5.96. The molecular weight excluding hydrogens is 370 g/mol. The van der Waals surface area contributed by atoms with Crippen LogP contribution >= 0.6 is 0 Å². The second kappa shape index (κ2) is 8.04. The van der Waals surface area contributed by atoms with Gasteiger partial charge in [0.1, 0.15) is 29.8 Å². The summed E-state index contributed by atoms with van der Waals surface area (Å²) >= 11 is 0. The van der Waals surface area contributed by atoms with E-state index in [0.717, 1.165) is 44.6 Å². The number of ether oxygens (including phenoxy) is 1. The molecule has 0 unspecified atom stereocenters. The van der Waals surface area contributed by atoms with Crippen LogP contribution in [-0.2, 0) is 6.61 Å². The van der Waals surface area contributed by atoms with Crippen LogP contribution in [0.2, 0.25) is 0 Å². The molecule has 0 amide bonds. The highest BCUT2D eigenvalue weighted by Crippen LogP contribution is 2.38. The molecule has 0 bridgehead atoms. The molecule has 0 fully saturated rings. The molecule has 4 heteroatoms. The highest BCUT2D eigenvalue weighted by Gasteiger charge is 2.18. The quantitative estimate of drug-likeness (QED) is 0.395. The van der Waals surface area contributed by atoms with Crippen LogP contribution in [0.25, 0.3) is 22.2 Å². The van der Waals surface area contributed by atoms with E-state index in [1.807, 2.05) is 36.5 Å². The molecule has 150 valence electrons. The van der Waals surface area contributed by atoms with Crippen molar-refractivity contribution in [3.05, 3.63) is 83.2 Å². The van der Waals surface area contributed by atoms with Crippen molar-refractivity contribution >= 4 is 11.0 Å². The Hall–Kier alpha value is -3.58. The zero-order valence-corrected chi connectivity index (χ0v) is 17.8. The second-order valence-electron chi connectivity index (χ2n) is 7.88. The first-order valence-electron chi connectivity index (χ1n) is 10.2. The average molecular weight is 396 g/mol. The number of fused-ring (bicyclic) bond motifs is 1. The van der Waals surface area contributed by atoms with E-state index in [-0.39, 0.29) is 6.04 Å². The van der Waals surface area contributed by atoms with E-state index in [9.17, 15) is 5.26 Å². The molecule has 0 aliphatic heterocycles. The van der Waals surface area contributed by atoms with Gasteiger partial charge in [-0.2, -0.15) is 5.26 Å². The number of hydrogen-bond donors (Lipinski definition) is 0. The molecule has 4 aromatic rings. The molecule has 2 aromatic carbocycles. The molecule has 2 heterocycles. The summed E-state index contributed by atoms with van der Waals surface area (Å²) in [7, 11) is 0. The van der Waals surface area contributed by atoms with E-state index < -0.39 is 0 Å². The Labute approximate surface area is 177 Å². The van der Waals surface area contributed by atoms with Crippen molar-refractivity contribution < 1.29 is 4.74 Å². The van der Waals surface area contributed by atoms with E-state index in [1.54, 1.807) is 0 Å². The van der Waals surface area contributed by atoms with Gasteiger partial charge in [-0.3, -0.25) is 0 Å². The van der Waals surface area contributed by atoms with Crippen LogP contribution in [0, 0.1) is 25.2 Å². The van der Waals surface area contributed by atoms with Crippen molar-refractivity contribution in [2.75, 3.05) is 0 Å². The molecular formula is C26H25N3O. The third kappa shape index (κ3) is 3.55. The lowest BCUT2D eigenvalue weighted by molar-refractivity contribution is 0.304. The van der Waals surface area contributed by atoms with Gasteiger partial charge >= 0.3 is 0 Å². The summed E-state index contributed by atoms with van der Waals surface area (Å²) in [6.07, 6.45) is 2.05. The highest BCUT2D eigenvalue weighted by atomic mass is 16.5. The van der Waals surface area contributed by atoms with Crippen LogP contribution in [0.5, 0.6) is 5.75 Å². The molecule has 0 spiro atoms. The molecule has 4 rings (SSSR count). The number of aromatic nitrogens is 2. The first kappa shape index (κ1) is 19.7. The van der Waals surface area contributed by atoms with Gasteiger partial charge in [-0.05, 0) is 73.7 Å². The molecule has 30 heavy (non-hydrogen) atoms. The van der Waals surface area contributed by atoms with Crippen molar-refractivity contribution in [1.29, 1.82) is 5.26 Å². The first-order chi connectivity index (χ1) is 14.5. The molecule has 2 aromatic heterocycles. The minimum Gasteiger partial charge on any atom is -0.489 e. The third-order valence-corrected chi connectivity index (χ3v) is 5.49. The molecule has 0 atom stereocenters. The molecule has 0 saturated carbocycles. The molecule has 0 aliphatic carbocycles. The Morgan fingerprint density at radius 1 is 1.07 bits per heavy atom. The fourth-order valence-electron chi connectivity index (χ4n) is 3.94. The Morgan fingerprint density at radius 3 is 2.53 bits per heavy atom. The SMILES string of the molecule is Cc1ccc(OCc2ccccc2)c(C)c1-c1cc(C#N)nc2c1ccn2C(C)C. The van der Waals surface area contributed by atoms with Gasteiger partial charge in [-0.1, -0.05) is 36.4 Å². The van der Waals surface area contributed by atoms with Crippen LogP contribution in [-0.4, -0.2) is 9.55 Å². The van der Waals surface area contributed by atoms with Crippen molar-refractivity contribution in [2.45, 2.75) is 40.3 Å². The van der Waals surface area contributed by atoms with Crippen LogP contribution in [0.4, 0.5) is 0 Å². The fourth-order valence-corrected chi connectivity index (χ4v) is 3.94. The minimum absolute atomic E-state index is 0.263. The number of hydrogen-bond acceptors (Lipinski definition) is 3. The largest absolute Gasteiger partial charge is 0.489 e. The van der Waals surface area contributed by atoms with E-state index >= 15 is 0 Å². The normalized spacial score (nSPS) is 11.1. The van der Waals surface area contributed by atoms with Gasteiger partial charge in [-0.25, -0.2) is 4.98 Å². The zero-order chi connectivity index (χ0) is 21.3. The lowest BCUT2D eigenvalue weighted by Gasteiger charge is -2.17. The Morgan fingerprint density at radius 2 is 1.83 bits per heavy atom. The van der Waals surface area contributed by atoms with Gasteiger partial charge in [0.15, 0.2) is 0 Å². The van der Waals surface area contributed by atoms with E-state index in [1.165, 1.54) is 0 Å². The lowest BCUT2D eigenvalue weighted by atomic mass is 9.93.